The topological polar surface area (TPSA) is 58.4 Å². The number of carbonyl (C=O) groups excluding carboxylic acids is 1. The molecule has 0 fully saturated rings. The van der Waals surface area contributed by atoms with E-state index in [1.807, 2.05) is 0 Å². The molecule has 4 nitrogen and oxygen atoms in total. The van der Waals surface area contributed by atoms with Gasteiger partial charge < -0.3 is 16.0 Å². The summed E-state index contributed by atoms with van der Waals surface area (Å²) in [6, 6.07) is 3.35. The largest absolute Gasteiger partial charge is 0.416 e. The fourth-order valence-corrected chi connectivity index (χ4v) is 1.97. The lowest BCUT2D eigenvalue weighted by molar-refractivity contribution is -0.137. The Hall–Kier alpha value is -1.76. The van der Waals surface area contributed by atoms with Crippen LogP contribution in [0.4, 0.5) is 24.5 Å². The first-order valence-corrected chi connectivity index (χ1v) is 5.37. The van der Waals surface area contributed by atoms with E-state index >= 15 is 0 Å². The van der Waals surface area contributed by atoms with Crippen LogP contribution in [-0.4, -0.2) is 25.5 Å². The SMILES string of the molecule is NCCN1c2ccc(C(F)(F)F)cc2NC1C=O. The maximum atomic E-state index is 12.5. The van der Waals surface area contributed by atoms with E-state index < -0.39 is 17.9 Å². The zero-order valence-corrected chi connectivity index (χ0v) is 9.37. The number of fused-ring (bicyclic) bond motifs is 1. The number of anilines is 2. The molecule has 1 aromatic carbocycles. The van der Waals surface area contributed by atoms with Gasteiger partial charge in [0, 0.05) is 13.1 Å². The second-order valence-corrected chi connectivity index (χ2v) is 3.94. The Kier molecular flexibility index (Phi) is 3.16. The Morgan fingerprint density at radius 3 is 2.72 bits per heavy atom. The number of hydrogen-bond donors (Lipinski definition) is 2. The van der Waals surface area contributed by atoms with Crippen LogP contribution in [0.25, 0.3) is 0 Å². The third-order valence-electron chi connectivity index (χ3n) is 2.77. The van der Waals surface area contributed by atoms with Gasteiger partial charge in [-0.25, -0.2) is 0 Å². The van der Waals surface area contributed by atoms with E-state index in [9.17, 15) is 18.0 Å². The number of rotatable bonds is 3. The molecule has 0 aliphatic carbocycles. The monoisotopic (exact) mass is 259 g/mol. The lowest BCUT2D eigenvalue weighted by Crippen LogP contribution is -2.40. The van der Waals surface area contributed by atoms with Crippen molar-refractivity contribution in [2.75, 3.05) is 23.3 Å². The molecule has 3 N–H and O–H groups in total. The number of nitrogens with one attached hydrogen (secondary N) is 1. The Morgan fingerprint density at radius 1 is 1.44 bits per heavy atom. The summed E-state index contributed by atoms with van der Waals surface area (Å²) in [7, 11) is 0. The van der Waals surface area contributed by atoms with E-state index in [1.165, 1.54) is 6.07 Å². The Labute approximate surface area is 102 Å². The molecule has 1 aliphatic heterocycles. The molecular formula is C11H12F3N3O. The molecule has 7 heteroatoms. The molecule has 0 spiro atoms. The third kappa shape index (κ3) is 2.13. The number of nitrogens with two attached hydrogens (primary N) is 1. The first-order valence-electron chi connectivity index (χ1n) is 5.37. The zero-order valence-electron chi connectivity index (χ0n) is 9.37. The van der Waals surface area contributed by atoms with Crippen LogP contribution in [0.3, 0.4) is 0 Å². The highest BCUT2D eigenvalue weighted by molar-refractivity contribution is 5.84. The van der Waals surface area contributed by atoms with Crippen molar-refractivity contribution in [2.45, 2.75) is 12.3 Å². The lowest BCUT2D eigenvalue weighted by Gasteiger charge is -2.21. The van der Waals surface area contributed by atoms with Crippen LogP contribution in [0.5, 0.6) is 0 Å². The summed E-state index contributed by atoms with van der Waals surface area (Å²) in [4.78, 5) is 12.5. The van der Waals surface area contributed by atoms with Gasteiger partial charge in [-0.2, -0.15) is 13.2 Å². The highest BCUT2D eigenvalue weighted by Crippen LogP contribution is 2.39. The van der Waals surface area contributed by atoms with Crippen molar-refractivity contribution in [2.24, 2.45) is 5.73 Å². The zero-order chi connectivity index (χ0) is 13.3. The second kappa shape index (κ2) is 4.49. The summed E-state index contributed by atoms with van der Waals surface area (Å²) in [5, 5.41) is 2.73. The summed E-state index contributed by atoms with van der Waals surface area (Å²) >= 11 is 0. The minimum Gasteiger partial charge on any atom is -0.358 e. The van der Waals surface area contributed by atoms with Crippen molar-refractivity contribution >= 4 is 17.7 Å². The molecule has 0 saturated heterocycles. The smallest absolute Gasteiger partial charge is 0.358 e. The summed E-state index contributed by atoms with van der Waals surface area (Å²) in [5.41, 5.74) is 5.54. The Bertz CT molecular complexity index is 461. The summed E-state index contributed by atoms with van der Waals surface area (Å²) in [6.07, 6.45) is -4.41. The van der Waals surface area contributed by atoms with Crippen molar-refractivity contribution < 1.29 is 18.0 Å². The fraction of sp³-hybridized carbons (Fsp3) is 0.364. The normalized spacial score (nSPS) is 18.4. The molecule has 98 valence electrons. The van der Waals surface area contributed by atoms with Crippen LogP contribution in [0, 0.1) is 0 Å². The second-order valence-electron chi connectivity index (χ2n) is 3.94. The first kappa shape index (κ1) is 12.7. The van der Waals surface area contributed by atoms with Crippen molar-refractivity contribution in [3.05, 3.63) is 23.8 Å². The molecule has 18 heavy (non-hydrogen) atoms. The average Bonchev–Trinajstić information content (AvgIpc) is 2.66. The minimum absolute atomic E-state index is 0.301. The van der Waals surface area contributed by atoms with Crippen LogP contribution in [0.1, 0.15) is 5.56 Å². The highest BCUT2D eigenvalue weighted by atomic mass is 19.4. The van der Waals surface area contributed by atoms with Crippen molar-refractivity contribution in [3.8, 4) is 0 Å². The molecule has 1 aromatic rings. The number of carbonyl (C=O) groups is 1. The Balaban J connectivity index is 2.37. The van der Waals surface area contributed by atoms with E-state index in [0.29, 0.717) is 30.8 Å². The standard InChI is InChI=1S/C11H12F3N3O/c12-11(13,14)7-1-2-9-8(5-7)16-10(6-18)17(9)4-3-15/h1-2,5-6,10,16H,3-4,15H2. The minimum atomic E-state index is -4.39. The fourth-order valence-electron chi connectivity index (χ4n) is 1.97. The molecule has 2 rings (SSSR count). The van der Waals surface area contributed by atoms with E-state index in [0.717, 1.165) is 12.1 Å². The maximum Gasteiger partial charge on any atom is 0.416 e. The number of alkyl halides is 3. The van der Waals surface area contributed by atoms with Crippen LogP contribution in [0.15, 0.2) is 18.2 Å². The number of hydrogen-bond acceptors (Lipinski definition) is 4. The van der Waals surface area contributed by atoms with Crippen LogP contribution < -0.4 is 16.0 Å². The van der Waals surface area contributed by atoms with Gasteiger partial charge in [-0.1, -0.05) is 0 Å². The van der Waals surface area contributed by atoms with Gasteiger partial charge in [0.15, 0.2) is 12.5 Å². The van der Waals surface area contributed by atoms with Crippen molar-refractivity contribution in [3.63, 3.8) is 0 Å². The molecule has 0 bridgehead atoms. The van der Waals surface area contributed by atoms with Gasteiger partial charge in [0.05, 0.1) is 16.9 Å². The van der Waals surface area contributed by atoms with Gasteiger partial charge in [-0.05, 0) is 18.2 Å². The van der Waals surface area contributed by atoms with E-state index in [-0.39, 0.29) is 0 Å². The Morgan fingerprint density at radius 2 is 2.17 bits per heavy atom. The van der Waals surface area contributed by atoms with Crippen LogP contribution >= 0.6 is 0 Å². The molecule has 0 aromatic heterocycles. The molecule has 1 atom stereocenters. The predicted molar refractivity (Wildman–Crippen MR) is 61.3 cm³/mol. The molecule has 0 amide bonds. The molecule has 0 radical (unpaired) electrons. The number of aldehydes is 1. The van der Waals surface area contributed by atoms with Gasteiger partial charge in [0.1, 0.15) is 0 Å². The maximum absolute atomic E-state index is 12.5. The lowest BCUT2D eigenvalue weighted by atomic mass is 10.1. The molecule has 1 heterocycles. The summed E-state index contributed by atoms with van der Waals surface area (Å²) < 4.78 is 37.6. The van der Waals surface area contributed by atoms with Crippen LogP contribution in [-0.2, 0) is 11.0 Å². The van der Waals surface area contributed by atoms with Gasteiger partial charge in [0.25, 0.3) is 0 Å². The number of nitrogens with zero attached hydrogens (tertiary/aromatic N) is 1. The van der Waals surface area contributed by atoms with Crippen molar-refractivity contribution in [1.82, 2.24) is 0 Å². The van der Waals surface area contributed by atoms with Gasteiger partial charge >= 0.3 is 6.18 Å². The quantitative estimate of drug-likeness (QED) is 0.806. The van der Waals surface area contributed by atoms with Gasteiger partial charge in [-0.3, -0.25) is 4.79 Å². The average molecular weight is 259 g/mol. The highest BCUT2D eigenvalue weighted by Gasteiger charge is 2.34. The number of benzene rings is 1. The van der Waals surface area contributed by atoms with Gasteiger partial charge in [-0.15, -0.1) is 0 Å². The summed E-state index contributed by atoms with van der Waals surface area (Å²) in [6.45, 7) is 0.710. The molecule has 0 saturated carbocycles. The summed E-state index contributed by atoms with van der Waals surface area (Å²) in [5.74, 6) is 0. The first-order chi connectivity index (χ1) is 8.47. The van der Waals surface area contributed by atoms with Crippen molar-refractivity contribution in [1.29, 1.82) is 0 Å². The molecule has 1 aliphatic rings. The predicted octanol–water partition coefficient (Wildman–Crippen LogP) is 1.42. The van der Waals surface area contributed by atoms with Crippen LogP contribution in [0.2, 0.25) is 0 Å². The molecule has 1 unspecified atom stereocenters. The number of halogens is 3. The van der Waals surface area contributed by atoms with E-state index in [4.69, 9.17) is 5.73 Å². The van der Waals surface area contributed by atoms with E-state index in [1.54, 1.807) is 4.90 Å². The van der Waals surface area contributed by atoms with E-state index in [2.05, 4.69) is 5.32 Å². The van der Waals surface area contributed by atoms with Gasteiger partial charge in [0.2, 0.25) is 0 Å². The third-order valence-corrected chi connectivity index (χ3v) is 2.77. The molecular weight excluding hydrogens is 247 g/mol.